The molecule has 0 heterocycles. The fourth-order valence-electron chi connectivity index (χ4n) is 2.64. The Kier molecular flexibility index (Phi) is 8.68. The van der Waals surface area contributed by atoms with Gasteiger partial charge in [-0.25, -0.2) is 4.79 Å². The van der Waals surface area contributed by atoms with Crippen LogP contribution in [0.1, 0.15) is 54.0 Å². The van der Waals surface area contributed by atoms with Gasteiger partial charge in [-0.1, -0.05) is 13.8 Å². The third kappa shape index (κ3) is 6.91. The fourth-order valence-corrected chi connectivity index (χ4v) is 2.64. The van der Waals surface area contributed by atoms with Crippen molar-refractivity contribution in [1.82, 2.24) is 0 Å². The van der Waals surface area contributed by atoms with E-state index in [4.69, 9.17) is 14.2 Å². The molecule has 0 radical (unpaired) electrons. The lowest BCUT2D eigenvalue weighted by molar-refractivity contribution is 0.0526. The van der Waals surface area contributed by atoms with E-state index < -0.39 is 0 Å². The smallest absolute Gasteiger partial charge is 0.338 e. The molecule has 156 valence electrons. The lowest BCUT2D eigenvalue weighted by atomic mass is 10.1. The molecule has 0 atom stereocenters. The van der Waals surface area contributed by atoms with E-state index in [-0.39, 0.29) is 11.9 Å². The molecule has 0 aromatic heterocycles. The molecule has 0 saturated carbocycles. The van der Waals surface area contributed by atoms with Crippen LogP contribution >= 0.6 is 0 Å². The van der Waals surface area contributed by atoms with E-state index in [2.05, 4.69) is 19.2 Å². The number of benzene rings is 2. The van der Waals surface area contributed by atoms with Crippen molar-refractivity contribution in [1.29, 1.82) is 0 Å². The van der Waals surface area contributed by atoms with Crippen molar-refractivity contribution in [3.05, 3.63) is 59.2 Å². The molecule has 1 N–H and O–H groups in total. The van der Waals surface area contributed by atoms with Gasteiger partial charge in [0.1, 0.15) is 5.75 Å². The van der Waals surface area contributed by atoms with E-state index in [0.29, 0.717) is 54.9 Å². The molecule has 0 fully saturated rings. The van der Waals surface area contributed by atoms with E-state index in [1.807, 2.05) is 6.92 Å². The normalized spacial score (nSPS) is 10.7. The Labute approximate surface area is 172 Å². The molecule has 1 amide bonds. The zero-order valence-corrected chi connectivity index (χ0v) is 17.5. The Morgan fingerprint density at radius 1 is 0.966 bits per heavy atom. The minimum Gasteiger partial charge on any atom is -0.494 e. The molecular formula is C23H29NO5. The number of carbonyl (C=O) groups is 2. The maximum Gasteiger partial charge on any atom is 0.338 e. The Bertz CT molecular complexity index is 815. The van der Waals surface area contributed by atoms with Gasteiger partial charge in [-0.15, -0.1) is 0 Å². The summed E-state index contributed by atoms with van der Waals surface area (Å²) in [4.78, 5) is 24.4. The molecule has 2 rings (SSSR count). The monoisotopic (exact) mass is 399 g/mol. The van der Waals surface area contributed by atoms with Crippen LogP contribution in [-0.2, 0) is 16.1 Å². The summed E-state index contributed by atoms with van der Waals surface area (Å²) >= 11 is 0. The predicted molar refractivity (Wildman–Crippen MR) is 112 cm³/mol. The van der Waals surface area contributed by atoms with Crippen LogP contribution in [0.3, 0.4) is 0 Å². The van der Waals surface area contributed by atoms with Crippen LogP contribution in [0.15, 0.2) is 42.5 Å². The van der Waals surface area contributed by atoms with Crippen molar-refractivity contribution in [2.75, 3.05) is 25.1 Å². The van der Waals surface area contributed by atoms with Gasteiger partial charge in [0.15, 0.2) is 0 Å². The van der Waals surface area contributed by atoms with E-state index in [1.165, 1.54) is 0 Å². The fraction of sp³-hybridized carbons (Fsp3) is 0.391. The average molecular weight is 399 g/mol. The van der Waals surface area contributed by atoms with Gasteiger partial charge in [0.2, 0.25) is 0 Å². The molecule has 2 aromatic carbocycles. The first-order valence-electron chi connectivity index (χ1n) is 9.86. The first-order chi connectivity index (χ1) is 13.9. The van der Waals surface area contributed by atoms with Crippen LogP contribution in [0.4, 0.5) is 5.69 Å². The van der Waals surface area contributed by atoms with Gasteiger partial charge in [-0.3, -0.25) is 4.79 Å². The van der Waals surface area contributed by atoms with E-state index >= 15 is 0 Å². The van der Waals surface area contributed by atoms with Gasteiger partial charge in [0.25, 0.3) is 5.91 Å². The number of rotatable bonds is 10. The summed E-state index contributed by atoms with van der Waals surface area (Å²) in [5.41, 5.74) is 2.37. The SMILES string of the molecule is CCOC(=O)c1ccc(NC(=O)c2ccc(OCC)c(COCC(C)C)c2)cc1. The number of amides is 1. The van der Waals surface area contributed by atoms with Gasteiger partial charge in [0.05, 0.1) is 25.4 Å². The Hall–Kier alpha value is -2.86. The minimum absolute atomic E-state index is 0.248. The molecule has 2 aromatic rings. The van der Waals surface area contributed by atoms with Crippen LogP contribution in [0.2, 0.25) is 0 Å². The lowest BCUT2D eigenvalue weighted by Gasteiger charge is -2.14. The summed E-state index contributed by atoms with van der Waals surface area (Å²) in [6, 6.07) is 11.9. The zero-order chi connectivity index (χ0) is 21.2. The zero-order valence-electron chi connectivity index (χ0n) is 17.5. The molecule has 0 spiro atoms. The van der Waals surface area contributed by atoms with Gasteiger partial charge < -0.3 is 19.5 Å². The second kappa shape index (κ2) is 11.2. The molecule has 6 nitrogen and oxygen atoms in total. The number of hydrogen-bond donors (Lipinski definition) is 1. The number of hydrogen-bond acceptors (Lipinski definition) is 5. The average Bonchev–Trinajstić information content (AvgIpc) is 2.69. The third-order valence-corrected chi connectivity index (χ3v) is 3.99. The van der Waals surface area contributed by atoms with E-state index in [0.717, 1.165) is 5.56 Å². The molecule has 0 aliphatic heterocycles. The summed E-state index contributed by atoms with van der Waals surface area (Å²) in [7, 11) is 0. The summed E-state index contributed by atoms with van der Waals surface area (Å²) in [6.45, 7) is 9.71. The van der Waals surface area contributed by atoms with Crippen LogP contribution < -0.4 is 10.1 Å². The Morgan fingerprint density at radius 2 is 1.66 bits per heavy atom. The van der Waals surface area contributed by atoms with Crippen molar-refractivity contribution in [3.63, 3.8) is 0 Å². The highest BCUT2D eigenvalue weighted by Gasteiger charge is 2.12. The predicted octanol–water partition coefficient (Wildman–Crippen LogP) is 4.69. The number of ether oxygens (including phenoxy) is 3. The number of esters is 1. The Balaban J connectivity index is 2.10. The molecule has 6 heteroatoms. The first-order valence-corrected chi connectivity index (χ1v) is 9.86. The van der Waals surface area contributed by atoms with Crippen LogP contribution in [0.25, 0.3) is 0 Å². The minimum atomic E-state index is -0.386. The highest BCUT2D eigenvalue weighted by atomic mass is 16.5. The quantitative estimate of drug-likeness (QED) is 0.587. The second-order valence-corrected chi connectivity index (χ2v) is 6.92. The third-order valence-electron chi connectivity index (χ3n) is 3.99. The van der Waals surface area contributed by atoms with Crippen LogP contribution in [0.5, 0.6) is 5.75 Å². The maximum atomic E-state index is 12.7. The van der Waals surface area contributed by atoms with Crippen molar-refractivity contribution in [2.24, 2.45) is 5.92 Å². The standard InChI is InChI=1S/C23H29NO5/c1-5-28-21-12-9-18(13-19(21)15-27-14-16(3)4)22(25)24-20-10-7-17(8-11-20)23(26)29-6-2/h7-13,16H,5-6,14-15H2,1-4H3,(H,24,25). The van der Waals surface area contributed by atoms with Crippen molar-refractivity contribution >= 4 is 17.6 Å². The molecular weight excluding hydrogens is 370 g/mol. The second-order valence-electron chi connectivity index (χ2n) is 6.92. The molecule has 0 aliphatic rings. The molecule has 0 saturated heterocycles. The lowest BCUT2D eigenvalue weighted by Crippen LogP contribution is -2.13. The maximum absolute atomic E-state index is 12.7. The molecule has 0 bridgehead atoms. The summed E-state index contributed by atoms with van der Waals surface area (Å²) < 4.78 is 16.3. The van der Waals surface area contributed by atoms with Crippen LogP contribution in [0, 0.1) is 5.92 Å². The number of nitrogens with one attached hydrogen (secondary N) is 1. The van der Waals surface area contributed by atoms with Crippen LogP contribution in [-0.4, -0.2) is 31.7 Å². The largest absolute Gasteiger partial charge is 0.494 e. The molecule has 0 unspecified atom stereocenters. The summed E-state index contributed by atoms with van der Waals surface area (Å²) in [6.07, 6.45) is 0. The van der Waals surface area contributed by atoms with Gasteiger partial charge in [-0.05, 0) is 62.2 Å². The molecule has 29 heavy (non-hydrogen) atoms. The number of anilines is 1. The number of carbonyl (C=O) groups excluding carboxylic acids is 2. The summed E-state index contributed by atoms with van der Waals surface area (Å²) in [5, 5.41) is 2.84. The highest BCUT2D eigenvalue weighted by Crippen LogP contribution is 2.22. The summed E-state index contributed by atoms with van der Waals surface area (Å²) in [5.74, 6) is 0.506. The van der Waals surface area contributed by atoms with E-state index in [9.17, 15) is 9.59 Å². The Morgan fingerprint density at radius 3 is 2.28 bits per heavy atom. The topological polar surface area (TPSA) is 73.9 Å². The van der Waals surface area contributed by atoms with Gasteiger partial charge in [0, 0.05) is 23.4 Å². The first kappa shape index (κ1) is 22.4. The van der Waals surface area contributed by atoms with Crippen molar-refractivity contribution < 1.29 is 23.8 Å². The van der Waals surface area contributed by atoms with E-state index in [1.54, 1.807) is 49.4 Å². The van der Waals surface area contributed by atoms with Crippen molar-refractivity contribution in [3.8, 4) is 5.75 Å². The molecule has 0 aliphatic carbocycles. The van der Waals surface area contributed by atoms with Gasteiger partial charge in [-0.2, -0.15) is 0 Å². The van der Waals surface area contributed by atoms with Gasteiger partial charge >= 0.3 is 5.97 Å². The highest BCUT2D eigenvalue weighted by molar-refractivity contribution is 6.04. The van der Waals surface area contributed by atoms with Crippen molar-refractivity contribution in [2.45, 2.75) is 34.3 Å².